The molecule has 11 heteroatoms. The Kier molecular flexibility index (Phi) is 15.7. The van der Waals surface area contributed by atoms with Crippen LogP contribution in [0.1, 0.15) is 70.6 Å². The fourth-order valence-corrected chi connectivity index (χ4v) is 5.51. The number of allylic oxidation sites excluding steroid dienone is 3. The zero-order valence-electron chi connectivity index (χ0n) is 33.2. The van der Waals surface area contributed by atoms with Gasteiger partial charge in [-0.2, -0.15) is 0 Å². The van der Waals surface area contributed by atoms with Gasteiger partial charge in [0.1, 0.15) is 80.5 Å². The summed E-state index contributed by atoms with van der Waals surface area (Å²) in [5.74, 6) is 1.48. The zero-order valence-corrected chi connectivity index (χ0v) is 33.2. The first kappa shape index (κ1) is 43.6. The minimum absolute atomic E-state index is 0.00792. The Morgan fingerprint density at radius 2 is 1.21 bits per heavy atom. The number of carbonyl (C=O) groups excluding carboxylic acids is 2. The fourth-order valence-electron chi connectivity index (χ4n) is 5.51. The van der Waals surface area contributed by atoms with Gasteiger partial charge in [0, 0.05) is 16.9 Å². The van der Waals surface area contributed by atoms with Crippen molar-refractivity contribution in [1.29, 1.82) is 0 Å². The van der Waals surface area contributed by atoms with E-state index in [1.165, 1.54) is 0 Å². The van der Waals surface area contributed by atoms with Gasteiger partial charge in [0.05, 0.1) is 5.92 Å². The highest BCUT2D eigenvalue weighted by molar-refractivity contribution is 5.86. The van der Waals surface area contributed by atoms with Crippen molar-refractivity contribution in [2.45, 2.75) is 77.1 Å². The summed E-state index contributed by atoms with van der Waals surface area (Å²) in [4.78, 5) is 23.1. The van der Waals surface area contributed by atoms with Crippen molar-refractivity contribution < 1.29 is 53.3 Å². The van der Waals surface area contributed by atoms with E-state index in [0.29, 0.717) is 23.0 Å². The van der Waals surface area contributed by atoms with E-state index in [-0.39, 0.29) is 68.4 Å². The van der Waals surface area contributed by atoms with Crippen molar-refractivity contribution in [3.63, 3.8) is 0 Å². The second-order valence-corrected chi connectivity index (χ2v) is 15.2. The van der Waals surface area contributed by atoms with Crippen LogP contribution in [0.2, 0.25) is 0 Å². The van der Waals surface area contributed by atoms with Crippen LogP contribution < -0.4 is 14.2 Å². The van der Waals surface area contributed by atoms with E-state index in [1.807, 2.05) is 84.9 Å². The molecule has 0 saturated carbocycles. The summed E-state index contributed by atoms with van der Waals surface area (Å²) >= 11 is 0. The molecule has 3 N–H and O–H groups in total. The number of hydrogen-bond acceptors (Lipinski definition) is 11. The van der Waals surface area contributed by atoms with Crippen LogP contribution in [0.4, 0.5) is 0 Å². The molecule has 4 rings (SSSR count). The van der Waals surface area contributed by atoms with Gasteiger partial charge < -0.3 is 43.7 Å². The van der Waals surface area contributed by atoms with Crippen molar-refractivity contribution in [3.05, 3.63) is 126 Å². The highest BCUT2D eigenvalue weighted by atomic mass is 16.6. The Morgan fingerprint density at radius 1 is 0.732 bits per heavy atom. The minimum Gasteiger partial charge on any atom is -0.491 e. The number of ether oxygens (including phenoxy) is 6. The molecule has 4 unspecified atom stereocenters. The molecule has 3 aromatic rings. The van der Waals surface area contributed by atoms with Gasteiger partial charge in [-0.05, 0) is 85.5 Å². The zero-order chi connectivity index (χ0) is 40.9. The van der Waals surface area contributed by atoms with Crippen LogP contribution in [0.15, 0.2) is 109 Å². The largest absolute Gasteiger partial charge is 0.491 e. The van der Waals surface area contributed by atoms with Gasteiger partial charge in [-0.15, -0.1) is 0 Å². The number of benzene rings is 3. The molecule has 11 nitrogen and oxygen atoms in total. The lowest BCUT2D eigenvalue weighted by Gasteiger charge is -2.27. The minimum atomic E-state index is -1.24. The van der Waals surface area contributed by atoms with Crippen LogP contribution in [-0.4, -0.2) is 84.7 Å². The third kappa shape index (κ3) is 13.6. The quantitative estimate of drug-likeness (QED) is 0.0796. The molecular formula is C45H56O11. The highest BCUT2D eigenvalue weighted by Gasteiger charge is 2.26. The van der Waals surface area contributed by atoms with Gasteiger partial charge in [-0.25, -0.2) is 4.79 Å². The van der Waals surface area contributed by atoms with Gasteiger partial charge in [-0.3, -0.25) is 4.79 Å². The summed E-state index contributed by atoms with van der Waals surface area (Å²) in [5, 5.41) is 31.1. The molecule has 0 heterocycles. The molecule has 302 valence electrons. The second-order valence-electron chi connectivity index (χ2n) is 15.2. The number of aliphatic hydroxyl groups excluding tert-OH is 2. The summed E-state index contributed by atoms with van der Waals surface area (Å²) in [6.45, 7) is 14.3. The Labute approximate surface area is 330 Å². The number of carbonyl (C=O) groups is 2. The van der Waals surface area contributed by atoms with E-state index in [4.69, 9.17) is 28.4 Å². The van der Waals surface area contributed by atoms with Crippen molar-refractivity contribution in [3.8, 4) is 17.2 Å². The van der Waals surface area contributed by atoms with Crippen LogP contribution in [-0.2, 0) is 29.2 Å². The van der Waals surface area contributed by atoms with E-state index in [2.05, 4.69) is 26.5 Å². The molecule has 56 heavy (non-hydrogen) atoms. The molecule has 0 fully saturated rings. The lowest BCUT2D eigenvalue weighted by atomic mass is 9.78. The maximum absolute atomic E-state index is 11.6. The molecule has 0 aliphatic heterocycles. The van der Waals surface area contributed by atoms with E-state index >= 15 is 0 Å². The van der Waals surface area contributed by atoms with Gasteiger partial charge in [-0.1, -0.05) is 76.7 Å². The van der Waals surface area contributed by atoms with Gasteiger partial charge in [0.25, 0.3) is 0 Å². The predicted molar refractivity (Wildman–Crippen MR) is 213 cm³/mol. The van der Waals surface area contributed by atoms with E-state index in [0.717, 1.165) is 23.1 Å². The lowest BCUT2D eigenvalue weighted by Crippen LogP contribution is -2.37. The monoisotopic (exact) mass is 772 g/mol. The molecule has 0 radical (unpaired) electrons. The first-order valence-electron chi connectivity index (χ1n) is 18.8. The Balaban J connectivity index is 1.18. The lowest BCUT2D eigenvalue weighted by molar-refractivity contribution is -0.150. The average molecular weight is 773 g/mol. The first-order valence-corrected chi connectivity index (χ1v) is 18.8. The maximum atomic E-state index is 11.6. The number of rotatable bonds is 21. The van der Waals surface area contributed by atoms with Crippen LogP contribution >= 0.6 is 0 Å². The molecule has 0 amide bonds. The summed E-state index contributed by atoms with van der Waals surface area (Å²) < 4.78 is 33.2. The third-order valence-electron chi connectivity index (χ3n) is 9.16. The summed E-state index contributed by atoms with van der Waals surface area (Å²) in [5.41, 5.74) is 1.94. The van der Waals surface area contributed by atoms with Crippen LogP contribution in [0.5, 0.6) is 17.2 Å². The van der Waals surface area contributed by atoms with E-state index in [9.17, 15) is 24.9 Å². The summed E-state index contributed by atoms with van der Waals surface area (Å²) in [6.07, 6.45) is 4.80. The second kappa shape index (κ2) is 20.2. The number of hydrogen-bond donors (Lipinski definition) is 3. The molecule has 0 saturated heterocycles. The normalized spacial score (nSPS) is 16.2. The van der Waals surface area contributed by atoms with Crippen LogP contribution in [0, 0.1) is 5.92 Å². The van der Waals surface area contributed by atoms with Crippen molar-refractivity contribution in [2.24, 2.45) is 5.92 Å². The van der Waals surface area contributed by atoms with Crippen molar-refractivity contribution >= 4 is 11.9 Å². The standard InChI is InChI=1S/C45H56O11/c1-30(2)42(48)53-26-36(46)24-51-38-16-8-32(9-17-38)33-10-18-40(19-11-33)55-28-45(7,50)29-56-41-22-14-35(15-23-41)44(5,6)34-12-20-39(21-13-34)52-25-37(47)27-54-43(49)31(3)4/h8-10,12-23,31,33,36-37,46-47,50H,1,11,24-29H2,2-7H3. The van der Waals surface area contributed by atoms with Gasteiger partial charge in [0.15, 0.2) is 0 Å². The highest BCUT2D eigenvalue weighted by Crippen LogP contribution is 2.34. The van der Waals surface area contributed by atoms with Gasteiger partial charge in [0.2, 0.25) is 0 Å². The SMILES string of the molecule is C=C(C)C(=O)OCC(O)COc1ccc(C2C=CC(OCC(C)(O)COc3ccc(C(C)(C)c4ccc(OCC(O)COC(=O)C(C)C)cc4)cc3)=CC2)cc1. The van der Waals surface area contributed by atoms with Gasteiger partial charge >= 0.3 is 11.9 Å². The van der Waals surface area contributed by atoms with Crippen molar-refractivity contribution in [2.75, 3.05) is 39.6 Å². The fraction of sp³-hybridized carbons (Fsp3) is 0.422. The Bertz CT molecular complexity index is 1790. The molecule has 0 aromatic heterocycles. The maximum Gasteiger partial charge on any atom is 0.333 e. The molecule has 3 aromatic carbocycles. The molecule has 0 spiro atoms. The number of esters is 2. The first-order chi connectivity index (χ1) is 26.5. The summed E-state index contributed by atoms with van der Waals surface area (Å²) in [6, 6.07) is 23.1. The van der Waals surface area contributed by atoms with E-state index in [1.54, 1.807) is 27.7 Å². The van der Waals surface area contributed by atoms with E-state index < -0.39 is 23.8 Å². The average Bonchev–Trinajstić information content (AvgIpc) is 3.19. The molecule has 1 aliphatic rings. The summed E-state index contributed by atoms with van der Waals surface area (Å²) in [7, 11) is 0. The Hall–Kier alpha value is -5.10. The topological polar surface area (TPSA) is 150 Å². The smallest absolute Gasteiger partial charge is 0.333 e. The molecule has 4 atom stereocenters. The third-order valence-corrected chi connectivity index (χ3v) is 9.16. The van der Waals surface area contributed by atoms with Crippen LogP contribution in [0.3, 0.4) is 0 Å². The number of aliphatic hydroxyl groups is 3. The Morgan fingerprint density at radius 3 is 1.70 bits per heavy atom. The molecule has 1 aliphatic carbocycles. The molecular weight excluding hydrogens is 716 g/mol. The van der Waals surface area contributed by atoms with Crippen molar-refractivity contribution in [1.82, 2.24) is 0 Å². The van der Waals surface area contributed by atoms with Crippen LogP contribution in [0.25, 0.3) is 0 Å². The molecule has 0 bridgehead atoms. The predicted octanol–water partition coefficient (Wildman–Crippen LogP) is 6.58.